The number of nitrogens with one attached hydrogen (secondary N) is 1. The number of hydroxylamine groups is 1. The molecule has 0 amide bonds. The highest BCUT2D eigenvalue weighted by Gasteiger charge is 1.93. The maximum atomic E-state index is 4.49. The van der Waals surface area contributed by atoms with E-state index in [1.807, 2.05) is 0 Å². The second-order valence-electron chi connectivity index (χ2n) is 0.669. The Morgan fingerprint density at radius 1 is 1.80 bits per heavy atom. The second-order valence-corrected chi connectivity index (χ2v) is 0.669. The van der Waals surface area contributed by atoms with Gasteiger partial charge in [-0.25, -0.2) is 0 Å². The van der Waals surface area contributed by atoms with Crippen molar-refractivity contribution in [1.82, 2.24) is 5.48 Å². The van der Waals surface area contributed by atoms with E-state index >= 15 is 0 Å². The highest BCUT2D eigenvalue weighted by Crippen LogP contribution is 1.85. The van der Waals surface area contributed by atoms with E-state index in [9.17, 15) is 0 Å². The molecule has 1 saturated heterocycles. The first-order valence-electron chi connectivity index (χ1n) is 1.32. The van der Waals surface area contributed by atoms with E-state index in [0.717, 1.165) is 0 Å². The van der Waals surface area contributed by atoms with E-state index in [0.29, 0.717) is 6.73 Å². The van der Waals surface area contributed by atoms with Crippen LogP contribution in [-0.4, -0.2) is 6.73 Å². The molecular weight excluding hydrogens is 70.0 g/mol. The highest BCUT2D eigenvalue weighted by molar-refractivity contribution is 4.28. The fourth-order valence-electron chi connectivity index (χ4n) is 0.170. The predicted octanol–water partition coefficient (Wildman–Crippen LogP) is -0.385. The zero-order valence-corrected chi connectivity index (χ0v) is 2.60. The van der Waals surface area contributed by atoms with Crippen molar-refractivity contribution in [3.63, 3.8) is 0 Å². The van der Waals surface area contributed by atoms with Crippen molar-refractivity contribution in [3.05, 3.63) is 6.79 Å². The summed E-state index contributed by atoms with van der Waals surface area (Å²) < 4.78 is 4.49. The molecule has 0 saturated carbocycles. The quantitative estimate of drug-likeness (QED) is 0.424. The lowest BCUT2D eigenvalue weighted by atomic mass is 11.3. The molecule has 0 aromatic carbocycles. The van der Waals surface area contributed by atoms with Gasteiger partial charge in [0.2, 0.25) is 6.79 Å². The van der Waals surface area contributed by atoms with E-state index in [-0.39, 0.29) is 0 Å². The Labute approximate surface area is 29.8 Å². The van der Waals surface area contributed by atoms with Crippen molar-refractivity contribution >= 4 is 0 Å². The van der Waals surface area contributed by atoms with Gasteiger partial charge in [0.1, 0.15) is 6.73 Å². The summed E-state index contributed by atoms with van der Waals surface area (Å²) in [6.07, 6.45) is 0. The molecule has 1 heterocycles. The molecule has 0 atom stereocenters. The number of rotatable bonds is 0. The van der Waals surface area contributed by atoms with Crippen molar-refractivity contribution in [2.45, 2.75) is 0 Å². The summed E-state index contributed by atoms with van der Waals surface area (Å²) in [6, 6.07) is 0. The second kappa shape index (κ2) is 1.35. The summed E-state index contributed by atoms with van der Waals surface area (Å²) >= 11 is 0. The molecule has 1 radical (unpaired) electrons. The fourth-order valence-corrected chi connectivity index (χ4v) is 0.170. The minimum absolute atomic E-state index is 0.472. The molecule has 1 fully saturated rings. The molecule has 3 heteroatoms. The molecule has 1 N–H and O–H groups in total. The summed E-state index contributed by atoms with van der Waals surface area (Å²) in [5.41, 5.74) is 2.44. The van der Waals surface area contributed by atoms with Crippen molar-refractivity contribution < 1.29 is 9.57 Å². The average molecular weight is 74.1 g/mol. The summed E-state index contributed by atoms with van der Waals surface area (Å²) in [4.78, 5) is 4.35. The van der Waals surface area contributed by atoms with Gasteiger partial charge >= 0.3 is 0 Å². The smallest absolute Gasteiger partial charge is 0.231 e. The lowest BCUT2D eigenvalue weighted by molar-refractivity contribution is 0.120. The van der Waals surface area contributed by atoms with Crippen LogP contribution in [0.5, 0.6) is 0 Å². The zero-order valence-electron chi connectivity index (χ0n) is 2.60. The van der Waals surface area contributed by atoms with Gasteiger partial charge in [-0.3, -0.25) is 4.84 Å². The number of hydrogen-bond acceptors (Lipinski definition) is 3. The Morgan fingerprint density at radius 2 is 2.80 bits per heavy atom. The van der Waals surface area contributed by atoms with Gasteiger partial charge in [0.05, 0.1) is 0 Å². The van der Waals surface area contributed by atoms with Gasteiger partial charge in [0.25, 0.3) is 0 Å². The van der Waals surface area contributed by atoms with E-state index in [1.165, 1.54) is 6.79 Å². The molecule has 1 aliphatic rings. The molecule has 0 aromatic heterocycles. The van der Waals surface area contributed by atoms with Gasteiger partial charge < -0.3 is 4.74 Å². The standard InChI is InChI=1S/C2H4NO2/c1-3-5-2-4-1/h2-3H,1H2. The Kier molecular flexibility index (Phi) is 0.834. The van der Waals surface area contributed by atoms with Gasteiger partial charge in [0, 0.05) is 0 Å². The summed E-state index contributed by atoms with van der Waals surface area (Å²) in [5, 5.41) is 0. The van der Waals surface area contributed by atoms with E-state index < -0.39 is 0 Å². The SMILES string of the molecule is [CH]1OCNO1. The normalized spacial score (nSPS) is 24.0. The molecule has 5 heavy (non-hydrogen) atoms. The Morgan fingerprint density at radius 3 is 3.00 bits per heavy atom. The van der Waals surface area contributed by atoms with Crippen LogP contribution in [0.3, 0.4) is 0 Å². The van der Waals surface area contributed by atoms with Crippen molar-refractivity contribution in [2.75, 3.05) is 6.73 Å². The van der Waals surface area contributed by atoms with Crippen molar-refractivity contribution in [2.24, 2.45) is 0 Å². The van der Waals surface area contributed by atoms with Gasteiger partial charge in [-0.05, 0) is 0 Å². The topological polar surface area (TPSA) is 30.5 Å². The van der Waals surface area contributed by atoms with Crippen LogP contribution < -0.4 is 5.48 Å². The van der Waals surface area contributed by atoms with Crippen LogP contribution in [0.15, 0.2) is 0 Å². The summed E-state index contributed by atoms with van der Waals surface area (Å²) in [6.45, 7) is 1.72. The summed E-state index contributed by atoms with van der Waals surface area (Å²) in [7, 11) is 0. The molecule has 1 rings (SSSR count). The minimum Gasteiger partial charge on any atom is -0.329 e. The van der Waals surface area contributed by atoms with Crippen LogP contribution >= 0.6 is 0 Å². The Bertz CT molecular complexity index is 19.2. The van der Waals surface area contributed by atoms with Crippen LogP contribution in [0.2, 0.25) is 0 Å². The average Bonchev–Trinajstić information content (AvgIpc) is 1.76. The molecule has 0 bridgehead atoms. The van der Waals surface area contributed by atoms with E-state index in [4.69, 9.17) is 0 Å². The van der Waals surface area contributed by atoms with Crippen LogP contribution in [0.25, 0.3) is 0 Å². The number of hydrogen-bond donors (Lipinski definition) is 1. The highest BCUT2D eigenvalue weighted by atomic mass is 16.8. The molecule has 3 nitrogen and oxygen atoms in total. The van der Waals surface area contributed by atoms with Gasteiger partial charge in [-0.15, -0.1) is 0 Å². The van der Waals surface area contributed by atoms with Crippen molar-refractivity contribution in [3.8, 4) is 0 Å². The first kappa shape index (κ1) is 3.08. The predicted molar refractivity (Wildman–Crippen MR) is 14.5 cm³/mol. The van der Waals surface area contributed by atoms with Crippen molar-refractivity contribution in [1.29, 1.82) is 0 Å². The minimum atomic E-state index is 0.472. The zero-order chi connectivity index (χ0) is 3.54. The molecular formula is C2H4NO2. The Balaban J connectivity index is 2.08. The third-order valence-electron chi connectivity index (χ3n) is 0.342. The molecule has 0 aromatic rings. The molecule has 0 aliphatic carbocycles. The first-order valence-corrected chi connectivity index (χ1v) is 1.32. The van der Waals surface area contributed by atoms with E-state index in [1.54, 1.807) is 0 Å². The molecule has 1 aliphatic heterocycles. The van der Waals surface area contributed by atoms with E-state index in [2.05, 4.69) is 15.1 Å². The number of ether oxygens (including phenoxy) is 1. The lowest BCUT2D eigenvalue weighted by Gasteiger charge is -1.74. The molecule has 0 spiro atoms. The first-order chi connectivity index (χ1) is 2.50. The fraction of sp³-hybridized carbons (Fsp3) is 0.500. The lowest BCUT2D eigenvalue weighted by Crippen LogP contribution is -2.01. The maximum absolute atomic E-state index is 4.49. The monoisotopic (exact) mass is 74.0 g/mol. The molecule has 0 unspecified atom stereocenters. The third kappa shape index (κ3) is 0.576. The Hall–Kier alpha value is -0.120. The van der Waals surface area contributed by atoms with Crippen LogP contribution in [0, 0.1) is 6.79 Å². The molecule has 29 valence electrons. The third-order valence-corrected chi connectivity index (χ3v) is 0.342. The van der Waals surface area contributed by atoms with Crippen LogP contribution in [0.1, 0.15) is 0 Å². The summed E-state index contributed by atoms with van der Waals surface area (Å²) in [5.74, 6) is 0. The van der Waals surface area contributed by atoms with Crippen LogP contribution in [0.4, 0.5) is 0 Å². The largest absolute Gasteiger partial charge is 0.329 e. The maximum Gasteiger partial charge on any atom is 0.231 e. The van der Waals surface area contributed by atoms with Gasteiger partial charge in [-0.1, -0.05) is 0 Å². The van der Waals surface area contributed by atoms with Crippen LogP contribution in [-0.2, 0) is 9.57 Å². The van der Waals surface area contributed by atoms with Gasteiger partial charge in [-0.2, -0.15) is 5.48 Å². The van der Waals surface area contributed by atoms with Gasteiger partial charge in [0.15, 0.2) is 0 Å².